The van der Waals surface area contributed by atoms with Crippen molar-refractivity contribution in [1.82, 2.24) is 24.5 Å². The van der Waals surface area contributed by atoms with E-state index in [2.05, 4.69) is 46.6 Å². The van der Waals surface area contributed by atoms with Gasteiger partial charge in [0.15, 0.2) is 0 Å². The van der Waals surface area contributed by atoms with E-state index in [0.29, 0.717) is 66.2 Å². The van der Waals surface area contributed by atoms with Gasteiger partial charge in [-0.25, -0.2) is 8.78 Å². The zero-order valence-electron chi connectivity index (χ0n) is 70.3. The fraction of sp³-hybridized carbons (Fsp3) is 0.258. The van der Waals surface area contributed by atoms with Gasteiger partial charge in [0.2, 0.25) is 11.5 Å². The van der Waals surface area contributed by atoms with Crippen LogP contribution >= 0.6 is 65.3 Å². The molecule has 6 N–H and O–H groups in total. The first-order chi connectivity index (χ1) is 58.9. The third kappa shape index (κ3) is 39.0. The first-order valence-corrected chi connectivity index (χ1v) is 52.2. The summed E-state index contributed by atoms with van der Waals surface area (Å²) in [5, 5.41) is 22.7. The molecule has 10 aromatic rings. The van der Waals surface area contributed by atoms with E-state index >= 15 is 0 Å². The molecule has 680 valence electrons. The Morgan fingerprint density at radius 1 is 0.413 bits per heavy atom. The summed E-state index contributed by atoms with van der Waals surface area (Å²) in [5.74, 6) is -6.01. The predicted octanol–water partition coefficient (Wildman–Crippen LogP) is 25.3. The molecular weight excluding hydrogens is 2010 g/mol. The topological polar surface area (TPSA) is 227 Å². The summed E-state index contributed by atoms with van der Waals surface area (Å²) in [7, 11) is 34.5. The summed E-state index contributed by atoms with van der Waals surface area (Å²) in [4.78, 5) is 31.5. The molecule has 0 aliphatic rings. The van der Waals surface area contributed by atoms with Crippen molar-refractivity contribution in [3.05, 3.63) is 318 Å². The van der Waals surface area contributed by atoms with Crippen LogP contribution in [0.15, 0.2) is 244 Å². The van der Waals surface area contributed by atoms with Crippen molar-refractivity contribution >= 4 is 116 Å². The number of anilines is 3. The van der Waals surface area contributed by atoms with Crippen LogP contribution in [0.5, 0.6) is 57.5 Å². The molecule has 0 bridgehead atoms. The molecule has 0 unspecified atom stereocenters. The van der Waals surface area contributed by atoms with Gasteiger partial charge in [-0.15, -0.1) is 0 Å². The summed E-state index contributed by atoms with van der Waals surface area (Å²) in [5.41, 5.74) is 23.7. The number of nitro groups is 2. The molecule has 19 nitrogen and oxygen atoms in total. The maximum absolute atomic E-state index is 13.2. The average molecular weight is 2110 g/mol. The number of nitrogens with two attached hydrogens (primary N) is 3. The molecule has 0 atom stereocenters. The third-order valence-electron chi connectivity index (χ3n) is 16.4. The number of ether oxygens (including phenoxy) is 5. The monoisotopic (exact) mass is 2100 g/mol. The Bertz CT molecular complexity index is 5070. The van der Waals surface area contributed by atoms with Crippen molar-refractivity contribution in [3.63, 3.8) is 0 Å². The molecule has 0 radical (unpaired) electrons. The number of nitrogens with zero attached hydrogens (tertiary/aromatic N) is 7. The number of alkyl halides is 11. The fourth-order valence-corrected chi connectivity index (χ4v) is 11.4. The van der Waals surface area contributed by atoms with Crippen LogP contribution in [0.1, 0.15) is 50.1 Å². The van der Waals surface area contributed by atoms with Gasteiger partial charge in [-0.05, 0) is 200 Å². The van der Waals surface area contributed by atoms with Crippen LogP contribution in [0.2, 0.25) is 0 Å². The number of nitrogen functional groups attached to an aromatic ring is 3. The summed E-state index contributed by atoms with van der Waals surface area (Å²) in [6, 6.07) is 59.3. The van der Waals surface area contributed by atoms with Crippen LogP contribution in [0.4, 0.5) is 81.1 Å². The van der Waals surface area contributed by atoms with Crippen LogP contribution in [0.3, 0.4) is 0 Å². The van der Waals surface area contributed by atoms with Crippen LogP contribution < -0.4 is 40.9 Å². The number of halogens is 17. The third-order valence-corrected chi connectivity index (χ3v) is 17.7. The van der Waals surface area contributed by atoms with Gasteiger partial charge < -0.3 is 65.4 Å². The predicted molar refractivity (Wildman–Crippen MR) is 493 cm³/mol. The average Bonchev–Trinajstić information content (AvgIpc) is 0.806. The van der Waals surface area contributed by atoms with Gasteiger partial charge in [-0.3, -0.25) is 20.2 Å². The van der Waals surface area contributed by atoms with Crippen molar-refractivity contribution in [1.29, 1.82) is 0 Å². The number of allylic oxidation sites excluding steroid dienone is 2. The molecule has 0 spiro atoms. The zero-order valence-corrected chi connectivity index (χ0v) is 79.6. The van der Waals surface area contributed by atoms with Crippen LogP contribution in [0.25, 0.3) is 6.08 Å². The molecule has 0 saturated heterocycles. The standard InChI is InChI=1S/2C18H19F5N2O.C18H19FN2O3.C17H20N2O.C15H15IN2O3.C3H4BrF.3ClH.Sn.H/c2*1-25(2)11-13-5-3-4-6-15(13)26-16-8-7-12(9-14(16)24)10-17(19,20)18(21,22)23;1-13(19)10-14-8-9-18(16(11-14)21(22)23)24-17-7-5-4-6-15(17)12-20(2)3;1-4-13-9-10-17(15(18)11-13)20-16-8-6-5-7-14(16)12-19(2)3;1-17(2)10-11-5-3-4-6-14(11)21-15-8-7-12(16)9-13(15)18(19)20;1-3(5)2-4;;;;;/h2*3-9H,10-11,24H2,1-2H3;4-9,11H,1,10,12H2,2-3H3;4-11H,1,12,18H2,2-3H3;3-9H,10H2,1-2H3;1-2H2;3*1H;;/q;;;;;;;;;+3;/p-3/i19-1,20-1,21-1,22-1,23-1;;;;;;;;;;. The SMILES string of the molecule is C=C(F)CBr.C=C(F)Cc1ccc(Oc2ccccc2CN(C)C)c([N+](=O)[O-])c1.C=Cc1ccc(Oc2ccccc2CN(C)C)c(N)c1.CN(C)Cc1ccccc1Oc1ccc(CC(F)(F)C(F)(F)F)cc1N.CN(C)Cc1ccccc1Oc1ccc(CC([18F])([18F])C([18F])([18F])[18F])cc1N.CN(C)Cc1ccccc1Oc1ccc(I)cc1[N+](=O)[O-].[Cl][SnH]([Cl])[Cl]. The number of rotatable bonds is 30. The van der Waals surface area contributed by atoms with Crippen molar-refractivity contribution in [2.75, 3.05) is 93.0 Å². The number of nitro benzene ring substituents is 2. The van der Waals surface area contributed by atoms with E-state index in [1.54, 1.807) is 54.6 Å². The maximum atomic E-state index is 13.2. The van der Waals surface area contributed by atoms with Gasteiger partial charge in [-0.2, -0.15) is 43.9 Å². The molecule has 10 aromatic carbocycles. The summed E-state index contributed by atoms with van der Waals surface area (Å²) in [6.07, 6.45) is -12.5. The number of para-hydroxylation sites is 5. The van der Waals surface area contributed by atoms with Crippen molar-refractivity contribution < 1.29 is 86.2 Å². The number of benzene rings is 10. The molecule has 0 aliphatic heterocycles. The first kappa shape index (κ1) is 109. The second-order valence-electron chi connectivity index (χ2n) is 28.8. The van der Waals surface area contributed by atoms with Gasteiger partial charge in [0.25, 0.3) is 0 Å². The van der Waals surface area contributed by atoms with Gasteiger partial charge in [0.1, 0.15) is 51.8 Å². The summed E-state index contributed by atoms with van der Waals surface area (Å²) >= 11 is 2.66. The Morgan fingerprint density at radius 3 is 0.921 bits per heavy atom. The minimum atomic E-state index is -5.61. The Balaban J connectivity index is 0.000000323. The van der Waals surface area contributed by atoms with E-state index in [9.17, 15) is 72.9 Å². The molecule has 0 saturated carbocycles. The van der Waals surface area contributed by atoms with E-state index in [1.165, 1.54) is 30.3 Å². The van der Waals surface area contributed by atoms with Gasteiger partial charge in [0, 0.05) is 95.5 Å². The fourth-order valence-electron chi connectivity index (χ4n) is 10.9. The first-order valence-electron chi connectivity index (χ1n) is 37.5. The molecule has 0 heterocycles. The summed E-state index contributed by atoms with van der Waals surface area (Å²) < 4.78 is 181. The molecule has 0 aromatic heterocycles. The molecule has 0 amide bonds. The van der Waals surface area contributed by atoms with Gasteiger partial charge in [0.05, 0.1) is 38.1 Å². The van der Waals surface area contributed by atoms with Gasteiger partial charge in [-0.1, -0.05) is 157 Å². The normalized spacial score (nSPS) is 11.2. The molecule has 126 heavy (non-hydrogen) atoms. The Labute approximate surface area is 765 Å². The number of hydrogen-bond donors (Lipinski definition) is 3. The van der Waals surface area contributed by atoms with E-state index in [1.807, 2.05) is 216 Å². The van der Waals surface area contributed by atoms with Crippen LogP contribution in [0, 0.1) is 23.8 Å². The van der Waals surface area contributed by atoms with Crippen molar-refractivity contribution in [2.24, 2.45) is 0 Å². The molecule has 37 heteroatoms. The van der Waals surface area contributed by atoms with Crippen LogP contribution in [-0.2, 0) is 52.0 Å². The van der Waals surface area contributed by atoms with Crippen molar-refractivity contribution in [3.8, 4) is 57.5 Å². The van der Waals surface area contributed by atoms with E-state index in [4.69, 9.17) is 67.6 Å². The molecule has 10 rings (SSSR count). The second kappa shape index (κ2) is 52.7. The minimum absolute atomic E-state index is 0.0138. The van der Waals surface area contributed by atoms with Crippen LogP contribution in [-0.4, -0.2) is 151 Å². The molecular formula is C89H97BrCl3F12IN10O9Sn. The Hall–Kier alpha value is -9.54. The second-order valence-corrected chi connectivity index (χ2v) is 45.3. The molecule has 0 fully saturated rings. The van der Waals surface area contributed by atoms with E-state index < -0.39 is 69.1 Å². The van der Waals surface area contributed by atoms with Gasteiger partial charge >= 0.3 is 78.7 Å². The zero-order chi connectivity index (χ0) is 94.6. The number of hydrogen-bond acceptors (Lipinski definition) is 17. The quantitative estimate of drug-likeness (QED) is 0.00723. The van der Waals surface area contributed by atoms with Crippen molar-refractivity contribution in [2.45, 2.75) is 76.2 Å². The van der Waals surface area contributed by atoms with E-state index in [-0.39, 0.29) is 74.5 Å². The van der Waals surface area contributed by atoms with E-state index in [0.717, 1.165) is 73.5 Å². The summed E-state index contributed by atoms with van der Waals surface area (Å²) in [6.45, 7) is 13.2. The Morgan fingerprint density at radius 2 is 0.667 bits per heavy atom. The molecule has 0 aliphatic carbocycles. The Kier molecular flexibility index (Phi) is 45.5.